The Kier molecular flexibility index (Phi) is 41.3. The van der Waals surface area contributed by atoms with Crippen LogP contribution in [0.2, 0.25) is 0 Å². The minimum Gasteiger partial charge on any atom is -0.462 e. The van der Waals surface area contributed by atoms with Crippen LogP contribution >= 0.6 is 0 Å². The van der Waals surface area contributed by atoms with E-state index in [1.165, 1.54) is 161 Å². The summed E-state index contributed by atoms with van der Waals surface area (Å²) in [5.41, 5.74) is 0. The molecule has 0 aromatic carbocycles. The fraction of sp³-hybridized carbons (Fsp3) is 0.938. The Hall–Kier alpha value is -1.59. The summed E-state index contributed by atoms with van der Waals surface area (Å²) in [5, 5.41) is 0. The van der Waals surface area contributed by atoms with E-state index in [9.17, 15) is 14.4 Å². The Morgan fingerprint density at radius 2 is 0.648 bits per heavy atom. The minimum atomic E-state index is -0.759. The van der Waals surface area contributed by atoms with E-state index >= 15 is 0 Å². The van der Waals surface area contributed by atoms with E-state index in [4.69, 9.17) is 14.2 Å². The molecule has 0 bridgehead atoms. The molecule has 6 nitrogen and oxygen atoms in total. The van der Waals surface area contributed by atoms with Crippen LogP contribution in [-0.4, -0.2) is 37.2 Å². The Morgan fingerprint density at radius 1 is 0.370 bits per heavy atom. The van der Waals surface area contributed by atoms with Gasteiger partial charge < -0.3 is 14.2 Å². The predicted molar refractivity (Wildman–Crippen MR) is 229 cm³/mol. The van der Waals surface area contributed by atoms with Crippen molar-refractivity contribution >= 4 is 17.9 Å². The Bertz CT molecular complexity index is 813. The van der Waals surface area contributed by atoms with E-state index in [1.54, 1.807) is 0 Å². The summed E-state index contributed by atoms with van der Waals surface area (Å²) in [6.45, 7) is 8.99. The first-order valence-corrected chi connectivity index (χ1v) is 23.9. The van der Waals surface area contributed by atoms with Gasteiger partial charge in [-0.15, -0.1) is 0 Å². The molecule has 6 heteroatoms. The number of carbonyl (C=O) groups is 3. The molecule has 54 heavy (non-hydrogen) atoms. The van der Waals surface area contributed by atoms with Crippen molar-refractivity contribution < 1.29 is 28.6 Å². The maximum Gasteiger partial charge on any atom is 0.306 e. The smallest absolute Gasteiger partial charge is 0.306 e. The molecule has 0 heterocycles. The third-order valence-electron chi connectivity index (χ3n) is 11.2. The van der Waals surface area contributed by atoms with Gasteiger partial charge in [-0.25, -0.2) is 0 Å². The molecule has 0 saturated heterocycles. The van der Waals surface area contributed by atoms with Gasteiger partial charge in [0, 0.05) is 19.3 Å². The van der Waals surface area contributed by atoms with Crippen molar-refractivity contribution in [1.82, 2.24) is 0 Å². The lowest BCUT2D eigenvalue weighted by Crippen LogP contribution is -2.30. The van der Waals surface area contributed by atoms with Gasteiger partial charge in [0.15, 0.2) is 6.10 Å². The van der Waals surface area contributed by atoms with E-state index in [1.807, 2.05) is 0 Å². The highest BCUT2D eigenvalue weighted by molar-refractivity contribution is 5.71. The van der Waals surface area contributed by atoms with E-state index in [0.717, 1.165) is 63.7 Å². The van der Waals surface area contributed by atoms with Crippen molar-refractivity contribution in [1.29, 1.82) is 0 Å². The van der Waals surface area contributed by atoms with Gasteiger partial charge in [0.1, 0.15) is 13.2 Å². The molecule has 0 aliphatic carbocycles. The predicted octanol–water partition coefficient (Wildman–Crippen LogP) is 15.1. The van der Waals surface area contributed by atoms with Crippen molar-refractivity contribution in [2.45, 2.75) is 271 Å². The molecule has 0 aliphatic rings. The SMILES string of the molecule is CCCCCCCCCCCCCCCCCC(=O)OC[C@@H](COC(=O)CCCCCCCCC)OC(=O)CCCCCCCCCCCCC(C)CC. The second-order valence-corrected chi connectivity index (χ2v) is 16.6. The second-order valence-electron chi connectivity index (χ2n) is 16.6. The molecule has 2 atom stereocenters. The third-order valence-corrected chi connectivity index (χ3v) is 11.2. The average Bonchev–Trinajstić information content (AvgIpc) is 3.17. The van der Waals surface area contributed by atoms with Crippen LogP contribution in [-0.2, 0) is 28.6 Å². The molecule has 0 rings (SSSR count). The number of hydrogen-bond acceptors (Lipinski definition) is 6. The topological polar surface area (TPSA) is 78.9 Å². The summed E-state index contributed by atoms with van der Waals surface area (Å²) in [6, 6.07) is 0. The van der Waals surface area contributed by atoms with Crippen LogP contribution in [0, 0.1) is 5.92 Å². The van der Waals surface area contributed by atoms with Gasteiger partial charge in [-0.3, -0.25) is 14.4 Å². The largest absolute Gasteiger partial charge is 0.462 e. The van der Waals surface area contributed by atoms with E-state index in [2.05, 4.69) is 27.7 Å². The third kappa shape index (κ3) is 40.1. The molecule has 0 aromatic heterocycles. The lowest BCUT2D eigenvalue weighted by atomic mass is 9.99. The molecule has 320 valence electrons. The standard InChI is InChI=1S/C48H92O6/c1-5-8-10-12-14-15-16-17-18-19-20-24-28-32-36-40-47(50)53-43-45(42-52-46(49)39-35-31-26-13-11-9-6-2)54-48(51)41-37-33-29-25-22-21-23-27-30-34-38-44(4)7-3/h44-45H,5-43H2,1-4H3/t44?,45-/m1/s1. The van der Waals surface area contributed by atoms with E-state index in [0.29, 0.717) is 19.3 Å². The highest BCUT2D eigenvalue weighted by atomic mass is 16.6. The van der Waals surface area contributed by atoms with Crippen molar-refractivity contribution in [3.8, 4) is 0 Å². The van der Waals surface area contributed by atoms with Crippen molar-refractivity contribution in [2.75, 3.05) is 13.2 Å². The number of carbonyl (C=O) groups excluding carboxylic acids is 3. The van der Waals surface area contributed by atoms with Crippen molar-refractivity contribution in [3.63, 3.8) is 0 Å². The molecule has 0 N–H and O–H groups in total. The van der Waals surface area contributed by atoms with Gasteiger partial charge in [-0.1, -0.05) is 227 Å². The molecule has 0 fully saturated rings. The first kappa shape index (κ1) is 52.4. The van der Waals surface area contributed by atoms with Crippen LogP contribution in [0.15, 0.2) is 0 Å². The molecule has 1 unspecified atom stereocenters. The van der Waals surface area contributed by atoms with Crippen LogP contribution in [0.5, 0.6) is 0 Å². The zero-order valence-corrected chi connectivity index (χ0v) is 36.7. The Labute approximate surface area is 336 Å². The molecule has 0 amide bonds. The molecular formula is C48H92O6. The van der Waals surface area contributed by atoms with E-state index in [-0.39, 0.29) is 31.1 Å². The van der Waals surface area contributed by atoms with Crippen LogP contribution in [0.3, 0.4) is 0 Å². The quantitative estimate of drug-likeness (QED) is 0.0349. The summed E-state index contributed by atoms with van der Waals surface area (Å²) in [6.07, 6.45) is 42.3. The number of unbranched alkanes of at least 4 members (excludes halogenated alkanes) is 29. The lowest BCUT2D eigenvalue weighted by Gasteiger charge is -2.18. The molecule has 0 aliphatic heterocycles. The zero-order chi connectivity index (χ0) is 39.6. The highest BCUT2D eigenvalue weighted by Gasteiger charge is 2.19. The van der Waals surface area contributed by atoms with Gasteiger partial charge in [-0.2, -0.15) is 0 Å². The first-order chi connectivity index (χ1) is 26.4. The van der Waals surface area contributed by atoms with Gasteiger partial charge in [0.2, 0.25) is 0 Å². The van der Waals surface area contributed by atoms with E-state index < -0.39 is 6.10 Å². The number of ether oxygens (including phenoxy) is 3. The number of esters is 3. The van der Waals surface area contributed by atoms with Gasteiger partial charge in [0.25, 0.3) is 0 Å². The van der Waals surface area contributed by atoms with Crippen LogP contribution < -0.4 is 0 Å². The van der Waals surface area contributed by atoms with Crippen molar-refractivity contribution in [3.05, 3.63) is 0 Å². The average molecular weight is 765 g/mol. The molecule has 0 radical (unpaired) electrons. The number of hydrogen-bond donors (Lipinski definition) is 0. The summed E-state index contributed by atoms with van der Waals surface area (Å²) in [4.78, 5) is 37.7. The number of rotatable bonds is 43. The fourth-order valence-corrected chi connectivity index (χ4v) is 7.12. The van der Waals surface area contributed by atoms with Gasteiger partial charge >= 0.3 is 17.9 Å². The highest BCUT2D eigenvalue weighted by Crippen LogP contribution is 2.17. The lowest BCUT2D eigenvalue weighted by molar-refractivity contribution is -0.167. The summed E-state index contributed by atoms with van der Waals surface area (Å²) in [7, 11) is 0. The summed E-state index contributed by atoms with van der Waals surface area (Å²) >= 11 is 0. The molecular weight excluding hydrogens is 673 g/mol. The molecule has 0 spiro atoms. The normalized spacial score (nSPS) is 12.4. The summed E-state index contributed by atoms with van der Waals surface area (Å²) < 4.78 is 16.7. The maximum absolute atomic E-state index is 12.7. The summed E-state index contributed by atoms with van der Waals surface area (Å²) in [5.74, 6) is 0.0104. The van der Waals surface area contributed by atoms with Gasteiger partial charge in [0.05, 0.1) is 0 Å². The Morgan fingerprint density at radius 3 is 0.963 bits per heavy atom. The fourth-order valence-electron chi connectivity index (χ4n) is 7.12. The monoisotopic (exact) mass is 765 g/mol. The van der Waals surface area contributed by atoms with Gasteiger partial charge in [-0.05, 0) is 25.2 Å². The maximum atomic E-state index is 12.7. The Balaban J connectivity index is 4.25. The first-order valence-electron chi connectivity index (χ1n) is 23.9. The molecule has 0 saturated carbocycles. The minimum absolute atomic E-state index is 0.0638. The van der Waals surface area contributed by atoms with Crippen LogP contribution in [0.1, 0.15) is 265 Å². The molecule has 0 aromatic rings. The van der Waals surface area contributed by atoms with Crippen LogP contribution in [0.4, 0.5) is 0 Å². The van der Waals surface area contributed by atoms with Crippen molar-refractivity contribution in [2.24, 2.45) is 5.92 Å². The zero-order valence-electron chi connectivity index (χ0n) is 36.7. The second kappa shape index (κ2) is 42.6. The van der Waals surface area contributed by atoms with Crippen LogP contribution in [0.25, 0.3) is 0 Å².